The number of quaternary nitrogens is 1. The first-order valence-corrected chi connectivity index (χ1v) is 8.44. The molecule has 0 amide bonds. The average Bonchev–Trinajstić information content (AvgIpc) is 2.65. The first-order valence-electron chi connectivity index (χ1n) is 8.44. The zero-order valence-electron chi connectivity index (χ0n) is 14.9. The molecule has 0 bridgehead atoms. The van der Waals surface area contributed by atoms with Gasteiger partial charge in [0.25, 0.3) is 0 Å². The van der Waals surface area contributed by atoms with Gasteiger partial charge in [0, 0.05) is 38.4 Å². The summed E-state index contributed by atoms with van der Waals surface area (Å²) in [7, 11) is 1.98. The van der Waals surface area contributed by atoms with E-state index in [1.807, 2.05) is 13.3 Å². The van der Waals surface area contributed by atoms with Crippen LogP contribution in [0.5, 0.6) is 0 Å². The Balaban J connectivity index is 0.00000225. The molecule has 1 aliphatic rings. The number of aliphatic imine (C=N–C) groups is 1. The summed E-state index contributed by atoms with van der Waals surface area (Å²) in [5, 5.41) is 5.80. The molecule has 0 spiro atoms. The van der Waals surface area contributed by atoms with Gasteiger partial charge in [-0.05, 0) is 19.1 Å². The van der Waals surface area contributed by atoms with Crippen molar-refractivity contribution >= 4 is 17.6 Å². The number of benzene rings is 2. The maximum atomic E-state index is 4.74. The minimum Gasteiger partial charge on any atom is -1.00 e. The summed E-state index contributed by atoms with van der Waals surface area (Å²) in [4.78, 5) is 4.74. The van der Waals surface area contributed by atoms with Gasteiger partial charge < -0.3 is 17.7 Å². The Bertz CT molecular complexity index is 730. The molecule has 0 radical (unpaired) electrons. The first-order chi connectivity index (χ1) is 11.7. The number of halogens is 1. The van der Waals surface area contributed by atoms with E-state index in [1.54, 1.807) is 0 Å². The summed E-state index contributed by atoms with van der Waals surface area (Å²) in [6, 6.07) is 21.1. The van der Waals surface area contributed by atoms with Crippen molar-refractivity contribution in [1.82, 2.24) is 9.91 Å². The van der Waals surface area contributed by atoms with Crippen LogP contribution in [0.4, 0.5) is 11.4 Å². The fourth-order valence-corrected chi connectivity index (χ4v) is 3.57. The summed E-state index contributed by atoms with van der Waals surface area (Å²) >= 11 is 0. The molecule has 1 aliphatic heterocycles. The molecule has 2 aromatic carbocycles. The molecule has 5 heteroatoms. The van der Waals surface area contributed by atoms with Crippen molar-refractivity contribution in [2.45, 2.75) is 20.0 Å². The van der Waals surface area contributed by atoms with Gasteiger partial charge in [0.2, 0.25) is 12.0 Å². The SMILES string of the molecule is CCN(c1ccccc1)[N+]1(c2ccccc2)C(NC)=CC=NC1C.[Cl-]. The second kappa shape index (κ2) is 8.19. The predicted molar refractivity (Wildman–Crippen MR) is 103 cm³/mol. The maximum absolute atomic E-state index is 4.74. The van der Waals surface area contributed by atoms with E-state index in [9.17, 15) is 0 Å². The van der Waals surface area contributed by atoms with E-state index in [2.05, 4.69) is 90.9 Å². The third kappa shape index (κ3) is 3.15. The van der Waals surface area contributed by atoms with Crippen LogP contribution in [0.1, 0.15) is 13.8 Å². The van der Waals surface area contributed by atoms with E-state index in [0.717, 1.165) is 12.4 Å². The second-order valence-corrected chi connectivity index (χ2v) is 5.80. The maximum Gasteiger partial charge on any atom is 0.234 e. The van der Waals surface area contributed by atoms with E-state index in [0.29, 0.717) is 4.59 Å². The molecule has 3 rings (SSSR count). The highest BCUT2D eigenvalue weighted by atomic mass is 35.5. The lowest BCUT2D eigenvalue weighted by Gasteiger charge is -2.49. The topological polar surface area (TPSA) is 27.6 Å². The van der Waals surface area contributed by atoms with E-state index < -0.39 is 0 Å². The Morgan fingerprint density at radius 2 is 1.64 bits per heavy atom. The van der Waals surface area contributed by atoms with Crippen LogP contribution in [0.25, 0.3) is 0 Å². The Morgan fingerprint density at radius 3 is 2.20 bits per heavy atom. The molecule has 132 valence electrons. The lowest BCUT2D eigenvalue weighted by atomic mass is 10.2. The van der Waals surface area contributed by atoms with Gasteiger partial charge >= 0.3 is 0 Å². The number of nitrogens with zero attached hydrogens (tertiary/aromatic N) is 3. The van der Waals surface area contributed by atoms with Gasteiger partial charge in [-0.15, -0.1) is 4.59 Å². The molecule has 0 aliphatic carbocycles. The van der Waals surface area contributed by atoms with Crippen molar-refractivity contribution < 1.29 is 12.4 Å². The summed E-state index contributed by atoms with van der Waals surface area (Å²) in [6.45, 7) is 5.21. The number of allylic oxidation sites excluding steroid dienone is 1. The Hall–Kier alpha value is -2.30. The fourth-order valence-electron chi connectivity index (χ4n) is 3.57. The van der Waals surface area contributed by atoms with Gasteiger partial charge in [-0.2, -0.15) is 0 Å². The molecular formula is C20H25ClN4. The largest absolute Gasteiger partial charge is 1.00 e. The van der Waals surface area contributed by atoms with Crippen molar-refractivity contribution in [3.63, 3.8) is 0 Å². The Morgan fingerprint density at radius 1 is 1.04 bits per heavy atom. The lowest BCUT2D eigenvalue weighted by Crippen LogP contribution is -3.00. The molecule has 0 aromatic heterocycles. The molecule has 2 aromatic rings. The smallest absolute Gasteiger partial charge is 0.234 e. The van der Waals surface area contributed by atoms with Crippen LogP contribution >= 0.6 is 0 Å². The van der Waals surface area contributed by atoms with Crippen LogP contribution in [-0.2, 0) is 0 Å². The van der Waals surface area contributed by atoms with Gasteiger partial charge in [-0.25, -0.2) is 10.0 Å². The van der Waals surface area contributed by atoms with Crippen molar-refractivity contribution in [2.75, 3.05) is 18.6 Å². The van der Waals surface area contributed by atoms with Crippen LogP contribution in [0, 0.1) is 0 Å². The lowest BCUT2D eigenvalue weighted by molar-refractivity contribution is -0.00000504. The van der Waals surface area contributed by atoms with Gasteiger partial charge in [0.15, 0.2) is 5.69 Å². The van der Waals surface area contributed by atoms with Crippen molar-refractivity contribution in [1.29, 1.82) is 0 Å². The van der Waals surface area contributed by atoms with Crippen molar-refractivity contribution in [3.05, 3.63) is 72.6 Å². The average molecular weight is 357 g/mol. The molecule has 0 saturated heterocycles. The Labute approximate surface area is 156 Å². The van der Waals surface area contributed by atoms with Crippen molar-refractivity contribution in [2.24, 2.45) is 4.99 Å². The highest BCUT2D eigenvalue weighted by Crippen LogP contribution is 2.38. The van der Waals surface area contributed by atoms with Crippen LogP contribution in [0.3, 0.4) is 0 Å². The van der Waals surface area contributed by atoms with E-state index in [4.69, 9.17) is 4.99 Å². The summed E-state index contributed by atoms with van der Waals surface area (Å²) in [6.07, 6.45) is 3.99. The standard InChI is InChI=1S/C20H25N4.ClH/c1-4-23(18-11-7-5-8-12-18)24(19-13-9-6-10-14-19)17(2)22-16-15-20(24)21-3;/h5-17,21H,4H2,1-3H3;1H/q+1;/p-1. The summed E-state index contributed by atoms with van der Waals surface area (Å²) in [5.41, 5.74) is 2.36. The third-order valence-corrected chi connectivity index (χ3v) is 4.58. The minimum absolute atomic E-state index is 0. The van der Waals surface area contributed by atoms with Crippen LogP contribution in [0.15, 0.2) is 77.6 Å². The molecule has 0 fully saturated rings. The molecular weight excluding hydrogens is 332 g/mol. The fraction of sp³-hybridized carbons (Fsp3) is 0.250. The quantitative estimate of drug-likeness (QED) is 0.807. The number of para-hydroxylation sites is 2. The van der Waals surface area contributed by atoms with Gasteiger partial charge in [0.05, 0.1) is 12.2 Å². The van der Waals surface area contributed by atoms with E-state index in [1.165, 1.54) is 11.4 Å². The summed E-state index contributed by atoms with van der Waals surface area (Å²) in [5.74, 6) is 1.11. The zero-order chi connectivity index (χ0) is 17.0. The number of hydrogen-bond donors (Lipinski definition) is 1. The third-order valence-electron chi connectivity index (χ3n) is 4.58. The van der Waals surface area contributed by atoms with Gasteiger partial charge in [-0.3, -0.25) is 0 Å². The predicted octanol–water partition coefficient (Wildman–Crippen LogP) is 0.931. The van der Waals surface area contributed by atoms with E-state index >= 15 is 0 Å². The number of hydrogen-bond acceptors (Lipinski definition) is 3. The molecule has 25 heavy (non-hydrogen) atoms. The number of nitrogens with one attached hydrogen (secondary N) is 1. The van der Waals surface area contributed by atoms with Crippen LogP contribution in [0.2, 0.25) is 0 Å². The monoisotopic (exact) mass is 356 g/mol. The number of anilines is 1. The van der Waals surface area contributed by atoms with E-state index in [-0.39, 0.29) is 18.6 Å². The normalized spacial score (nSPS) is 21.9. The molecule has 2 unspecified atom stereocenters. The molecule has 4 nitrogen and oxygen atoms in total. The molecule has 1 N–H and O–H groups in total. The van der Waals surface area contributed by atoms with Gasteiger partial charge in [0.1, 0.15) is 0 Å². The minimum atomic E-state index is 0. The number of rotatable bonds is 5. The highest BCUT2D eigenvalue weighted by Gasteiger charge is 2.48. The van der Waals surface area contributed by atoms with Crippen LogP contribution < -0.4 is 27.3 Å². The summed E-state index contributed by atoms with van der Waals surface area (Å²) < 4.78 is 0.522. The van der Waals surface area contributed by atoms with Crippen LogP contribution in [-0.4, -0.2) is 26.0 Å². The Kier molecular flexibility index (Phi) is 6.23. The molecule has 2 atom stereocenters. The zero-order valence-corrected chi connectivity index (χ0v) is 15.7. The van der Waals surface area contributed by atoms with Gasteiger partial charge in [-0.1, -0.05) is 36.4 Å². The highest BCUT2D eigenvalue weighted by molar-refractivity contribution is 5.76. The first kappa shape index (κ1) is 19.0. The van der Waals surface area contributed by atoms with Crippen molar-refractivity contribution in [3.8, 4) is 0 Å². The molecule has 0 saturated carbocycles. The molecule has 1 heterocycles. The second-order valence-electron chi connectivity index (χ2n) is 5.80.